The van der Waals surface area contributed by atoms with Gasteiger partial charge in [-0.3, -0.25) is 4.90 Å². The molecular formula is C11H23N. The molecule has 0 saturated carbocycles. The van der Waals surface area contributed by atoms with Gasteiger partial charge < -0.3 is 0 Å². The first-order valence-corrected chi connectivity index (χ1v) is 5.38. The smallest absolute Gasteiger partial charge is 0.0153 e. The number of hydrogen-bond acceptors (Lipinski definition) is 1. The molecule has 72 valence electrons. The van der Waals surface area contributed by atoms with Gasteiger partial charge in [0, 0.05) is 11.6 Å². The zero-order chi connectivity index (χ0) is 9.19. The van der Waals surface area contributed by atoms with Crippen molar-refractivity contribution in [2.75, 3.05) is 6.54 Å². The summed E-state index contributed by atoms with van der Waals surface area (Å²) in [4.78, 5) is 2.70. The Hall–Kier alpha value is -0.0400. The molecule has 0 aromatic heterocycles. The molecule has 1 rings (SSSR count). The molecule has 0 amide bonds. The summed E-state index contributed by atoms with van der Waals surface area (Å²) in [6, 6.07) is 0.861. The molecule has 1 heterocycles. The van der Waals surface area contributed by atoms with Crippen molar-refractivity contribution in [3.05, 3.63) is 0 Å². The molecule has 1 nitrogen and oxygen atoms in total. The van der Waals surface area contributed by atoms with Crippen LogP contribution in [0, 0.1) is 0 Å². The lowest BCUT2D eigenvalue weighted by Crippen LogP contribution is -2.46. The predicted octanol–water partition coefficient (Wildman–Crippen LogP) is 3.05. The van der Waals surface area contributed by atoms with Crippen molar-refractivity contribution < 1.29 is 0 Å². The van der Waals surface area contributed by atoms with Gasteiger partial charge >= 0.3 is 0 Å². The van der Waals surface area contributed by atoms with Crippen LogP contribution in [-0.4, -0.2) is 23.0 Å². The molecule has 1 aliphatic rings. The van der Waals surface area contributed by atoms with E-state index in [4.69, 9.17) is 0 Å². The summed E-state index contributed by atoms with van der Waals surface area (Å²) in [5.41, 5.74) is 0.428. The summed E-state index contributed by atoms with van der Waals surface area (Å²) in [5.74, 6) is 0. The maximum absolute atomic E-state index is 2.70. The monoisotopic (exact) mass is 169 g/mol. The van der Waals surface area contributed by atoms with Gasteiger partial charge in [-0.25, -0.2) is 0 Å². The highest BCUT2D eigenvalue weighted by molar-refractivity contribution is 4.89. The summed E-state index contributed by atoms with van der Waals surface area (Å²) < 4.78 is 0. The Labute approximate surface area is 77.1 Å². The van der Waals surface area contributed by atoms with E-state index < -0.39 is 0 Å². The summed E-state index contributed by atoms with van der Waals surface area (Å²) in [5, 5.41) is 0. The number of hydrogen-bond donors (Lipinski definition) is 0. The van der Waals surface area contributed by atoms with Gasteiger partial charge in [-0.05, 0) is 46.1 Å². The van der Waals surface area contributed by atoms with Gasteiger partial charge in [-0.15, -0.1) is 0 Å². The van der Waals surface area contributed by atoms with E-state index in [0.29, 0.717) is 5.54 Å². The van der Waals surface area contributed by atoms with Crippen LogP contribution in [0.15, 0.2) is 0 Å². The van der Waals surface area contributed by atoms with Crippen LogP contribution in [0.2, 0.25) is 0 Å². The molecule has 0 spiro atoms. The van der Waals surface area contributed by atoms with Gasteiger partial charge in [0.2, 0.25) is 0 Å². The Morgan fingerprint density at radius 1 is 1.33 bits per heavy atom. The lowest BCUT2D eigenvalue weighted by molar-refractivity contribution is 0.0991. The van der Waals surface area contributed by atoms with Gasteiger partial charge in [0.1, 0.15) is 0 Å². The lowest BCUT2D eigenvalue weighted by atomic mass is 9.97. The summed E-state index contributed by atoms with van der Waals surface area (Å²) in [6.07, 6.45) is 5.41. The zero-order valence-electron chi connectivity index (χ0n) is 9.06. The fourth-order valence-electron chi connectivity index (χ4n) is 2.26. The largest absolute Gasteiger partial charge is 0.295 e. The molecule has 0 aliphatic carbocycles. The Morgan fingerprint density at radius 2 is 2.00 bits per heavy atom. The van der Waals surface area contributed by atoms with Gasteiger partial charge in [0.05, 0.1) is 0 Å². The lowest BCUT2D eigenvalue weighted by Gasteiger charge is -2.39. The van der Waals surface area contributed by atoms with Crippen molar-refractivity contribution in [2.24, 2.45) is 0 Å². The first kappa shape index (κ1) is 10.0. The second-order valence-electron chi connectivity index (χ2n) is 4.56. The average molecular weight is 169 g/mol. The SMILES string of the molecule is CCC1CCCN1C(C)(C)CC. The summed E-state index contributed by atoms with van der Waals surface area (Å²) >= 11 is 0. The van der Waals surface area contributed by atoms with Gasteiger partial charge in [0.15, 0.2) is 0 Å². The van der Waals surface area contributed by atoms with E-state index >= 15 is 0 Å². The van der Waals surface area contributed by atoms with Crippen LogP contribution >= 0.6 is 0 Å². The molecule has 1 aliphatic heterocycles. The molecule has 12 heavy (non-hydrogen) atoms. The average Bonchev–Trinajstić information content (AvgIpc) is 2.52. The molecule has 1 unspecified atom stereocenters. The van der Waals surface area contributed by atoms with Crippen LogP contribution in [0.4, 0.5) is 0 Å². The van der Waals surface area contributed by atoms with Crippen LogP contribution in [-0.2, 0) is 0 Å². The minimum absolute atomic E-state index is 0.428. The summed E-state index contributed by atoms with van der Waals surface area (Å²) in [6.45, 7) is 10.7. The highest BCUT2D eigenvalue weighted by Crippen LogP contribution is 2.30. The van der Waals surface area contributed by atoms with E-state index in [1.807, 2.05) is 0 Å². The van der Waals surface area contributed by atoms with Crippen LogP contribution in [0.5, 0.6) is 0 Å². The molecule has 1 fully saturated rings. The topological polar surface area (TPSA) is 3.24 Å². The van der Waals surface area contributed by atoms with E-state index in [1.54, 1.807) is 0 Å². The normalized spacial score (nSPS) is 26.5. The van der Waals surface area contributed by atoms with E-state index in [9.17, 15) is 0 Å². The maximum atomic E-state index is 2.70. The van der Waals surface area contributed by atoms with Crippen molar-refractivity contribution in [2.45, 2.75) is 65.0 Å². The second kappa shape index (κ2) is 3.78. The van der Waals surface area contributed by atoms with Crippen LogP contribution < -0.4 is 0 Å². The van der Waals surface area contributed by atoms with E-state index in [2.05, 4.69) is 32.6 Å². The molecule has 1 saturated heterocycles. The third-order valence-corrected chi connectivity index (χ3v) is 3.49. The van der Waals surface area contributed by atoms with Crippen LogP contribution in [0.25, 0.3) is 0 Å². The van der Waals surface area contributed by atoms with E-state index in [1.165, 1.54) is 32.2 Å². The molecule has 1 atom stereocenters. The molecular weight excluding hydrogens is 146 g/mol. The minimum Gasteiger partial charge on any atom is -0.295 e. The van der Waals surface area contributed by atoms with E-state index in [0.717, 1.165) is 6.04 Å². The second-order valence-corrected chi connectivity index (χ2v) is 4.56. The molecule has 0 aromatic carbocycles. The first-order chi connectivity index (χ1) is 5.61. The first-order valence-electron chi connectivity index (χ1n) is 5.38. The highest BCUT2D eigenvalue weighted by Gasteiger charge is 2.33. The standard InChI is InChI=1S/C11H23N/c1-5-10-8-7-9-12(10)11(3,4)6-2/h10H,5-9H2,1-4H3. The number of nitrogens with zero attached hydrogens (tertiary/aromatic N) is 1. The molecule has 0 bridgehead atoms. The van der Waals surface area contributed by atoms with E-state index in [-0.39, 0.29) is 0 Å². The Morgan fingerprint density at radius 3 is 2.50 bits per heavy atom. The third kappa shape index (κ3) is 1.82. The highest BCUT2D eigenvalue weighted by atomic mass is 15.2. The fraction of sp³-hybridized carbons (Fsp3) is 1.00. The van der Waals surface area contributed by atoms with Crippen LogP contribution in [0.1, 0.15) is 53.4 Å². The van der Waals surface area contributed by atoms with Crippen molar-refractivity contribution in [3.63, 3.8) is 0 Å². The van der Waals surface area contributed by atoms with Gasteiger partial charge in [0.25, 0.3) is 0 Å². The fourth-order valence-corrected chi connectivity index (χ4v) is 2.26. The van der Waals surface area contributed by atoms with Gasteiger partial charge in [-0.1, -0.05) is 13.8 Å². The van der Waals surface area contributed by atoms with Crippen molar-refractivity contribution in [1.29, 1.82) is 0 Å². The molecule has 0 N–H and O–H groups in total. The van der Waals surface area contributed by atoms with Crippen molar-refractivity contribution >= 4 is 0 Å². The Bertz CT molecular complexity index is 140. The predicted molar refractivity (Wildman–Crippen MR) is 54.4 cm³/mol. The number of rotatable bonds is 3. The van der Waals surface area contributed by atoms with Crippen LogP contribution in [0.3, 0.4) is 0 Å². The molecule has 0 radical (unpaired) electrons. The number of likely N-dealkylation sites (tertiary alicyclic amines) is 1. The zero-order valence-corrected chi connectivity index (χ0v) is 9.06. The minimum atomic E-state index is 0.428. The van der Waals surface area contributed by atoms with Gasteiger partial charge in [-0.2, -0.15) is 0 Å². The summed E-state index contributed by atoms with van der Waals surface area (Å²) in [7, 11) is 0. The van der Waals surface area contributed by atoms with Crippen molar-refractivity contribution in [1.82, 2.24) is 4.90 Å². The van der Waals surface area contributed by atoms with Crippen molar-refractivity contribution in [3.8, 4) is 0 Å². The molecule has 1 heteroatoms. The third-order valence-electron chi connectivity index (χ3n) is 3.49. The quantitative estimate of drug-likeness (QED) is 0.627. The Kier molecular flexibility index (Phi) is 3.16. The maximum Gasteiger partial charge on any atom is 0.0153 e. The Balaban J connectivity index is 2.60. The molecule has 0 aromatic rings.